The van der Waals surface area contributed by atoms with Gasteiger partial charge >= 0.3 is 5.97 Å². The van der Waals surface area contributed by atoms with Crippen LogP contribution in [0.15, 0.2) is 24.3 Å². The van der Waals surface area contributed by atoms with E-state index < -0.39 is 5.97 Å². The summed E-state index contributed by atoms with van der Waals surface area (Å²) in [6, 6.07) is 6.54. The summed E-state index contributed by atoms with van der Waals surface area (Å²) in [6.07, 6.45) is 1.26. The van der Waals surface area contributed by atoms with Gasteiger partial charge in [-0.25, -0.2) is 4.79 Å². The second-order valence-corrected chi connectivity index (χ2v) is 3.98. The van der Waals surface area contributed by atoms with Crippen LogP contribution >= 0.6 is 0 Å². The molecule has 0 saturated heterocycles. The zero-order valence-electron chi connectivity index (χ0n) is 11.3. The van der Waals surface area contributed by atoms with E-state index in [4.69, 9.17) is 4.74 Å². The third kappa shape index (κ3) is 5.52. The molecule has 0 aliphatic carbocycles. The van der Waals surface area contributed by atoms with Gasteiger partial charge in [-0.2, -0.15) is 0 Å². The van der Waals surface area contributed by atoms with Crippen molar-refractivity contribution in [2.24, 2.45) is 0 Å². The first-order valence-electron chi connectivity index (χ1n) is 6.23. The second kappa shape index (κ2) is 8.26. The van der Waals surface area contributed by atoms with E-state index in [2.05, 4.69) is 10.1 Å². The minimum atomic E-state index is -0.397. The summed E-state index contributed by atoms with van der Waals surface area (Å²) in [4.78, 5) is 22.8. The average Bonchev–Trinajstić information content (AvgIpc) is 2.43. The van der Waals surface area contributed by atoms with E-state index in [0.29, 0.717) is 30.9 Å². The fourth-order valence-electron chi connectivity index (χ4n) is 1.44. The Hall–Kier alpha value is -1.88. The predicted molar refractivity (Wildman–Crippen MR) is 72.1 cm³/mol. The van der Waals surface area contributed by atoms with Gasteiger partial charge in [-0.05, 0) is 30.7 Å². The van der Waals surface area contributed by atoms with E-state index >= 15 is 0 Å². The van der Waals surface area contributed by atoms with Crippen LogP contribution in [0.4, 0.5) is 5.69 Å². The van der Waals surface area contributed by atoms with Gasteiger partial charge in [0.05, 0.1) is 25.7 Å². The lowest BCUT2D eigenvalue weighted by Crippen LogP contribution is -2.14. The number of rotatable bonds is 7. The van der Waals surface area contributed by atoms with Gasteiger partial charge in [0.1, 0.15) is 0 Å². The summed E-state index contributed by atoms with van der Waals surface area (Å²) in [6.45, 7) is 3.10. The summed E-state index contributed by atoms with van der Waals surface area (Å²) in [5.74, 6) is -0.507. The van der Waals surface area contributed by atoms with Gasteiger partial charge in [-0.3, -0.25) is 4.79 Å². The maximum Gasteiger partial charge on any atom is 0.337 e. The number of methoxy groups -OCH3 is 1. The number of ether oxygens (including phenoxy) is 2. The molecule has 0 unspecified atom stereocenters. The van der Waals surface area contributed by atoms with Crippen LogP contribution in [0, 0.1) is 0 Å². The monoisotopic (exact) mass is 265 g/mol. The Morgan fingerprint density at radius 2 is 1.84 bits per heavy atom. The summed E-state index contributed by atoms with van der Waals surface area (Å²) < 4.78 is 9.82. The second-order valence-electron chi connectivity index (χ2n) is 3.98. The first-order valence-corrected chi connectivity index (χ1v) is 6.23. The van der Waals surface area contributed by atoms with Gasteiger partial charge in [0.25, 0.3) is 0 Å². The Bertz CT molecular complexity index is 414. The molecule has 0 bridgehead atoms. The van der Waals surface area contributed by atoms with E-state index in [-0.39, 0.29) is 5.91 Å². The highest BCUT2D eigenvalue weighted by atomic mass is 16.5. The van der Waals surface area contributed by atoms with Crippen molar-refractivity contribution in [2.75, 3.05) is 25.6 Å². The van der Waals surface area contributed by atoms with Crippen LogP contribution in [0.25, 0.3) is 0 Å². The Labute approximate surface area is 112 Å². The molecular weight excluding hydrogens is 246 g/mol. The average molecular weight is 265 g/mol. The van der Waals surface area contributed by atoms with E-state index in [1.807, 2.05) is 6.92 Å². The van der Waals surface area contributed by atoms with Gasteiger partial charge in [0.2, 0.25) is 5.91 Å². The minimum absolute atomic E-state index is 0.109. The van der Waals surface area contributed by atoms with Crippen molar-refractivity contribution < 1.29 is 19.1 Å². The maximum absolute atomic E-state index is 11.6. The normalized spacial score (nSPS) is 10.0. The smallest absolute Gasteiger partial charge is 0.337 e. The van der Waals surface area contributed by atoms with Crippen molar-refractivity contribution in [1.29, 1.82) is 0 Å². The van der Waals surface area contributed by atoms with E-state index in [1.165, 1.54) is 7.11 Å². The third-order valence-electron chi connectivity index (χ3n) is 2.41. The van der Waals surface area contributed by atoms with E-state index in [1.54, 1.807) is 24.3 Å². The molecule has 0 saturated carbocycles. The zero-order chi connectivity index (χ0) is 14.1. The molecule has 0 heterocycles. The molecule has 0 fully saturated rings. The highest BCUT2D eigenvalue weighted by Gasteiger charge is 2.06. The molecule has 1 aromatic rings. The number of carbonyl (C=O) groups is 2. The van der Waals surface area contributed by atoms with Crippen molar-refractivity contribution in [3.05, 3.63) is 29.8 Å². The predicted octanol–water partition coefficient (Wildman–Crippen LogP) is 2.23. The van der Waals surface area contributed by atoms with Gasteiger partial charge in [-0.1, -0.05) is 6.92 Å². The fourth-order valence-corrected chi connectivity index (χ4v) is 1.44. The molecular formula is C14H19NO4. The summed E-state index contributed by atoms with van der Waals surface area (Å²) >= 11 is 0. The molecule has 0 spiro atoms. The van der Waals surface area contributed by atoms with E-state index in [9.17, 15) is 9.59 Å². The summed E-state index contributed by atoms with van der Waals surface area (Å²) in [5, 5.41) is 2.73. The van der Waals surface area contributed by atoms with Crippen molar-refractivity contribution in [3.8, 4) is 0 Å². The number of amides is 1. The molecule has 0 aliphatic rings. The summed E-state index contributed by atoms with van der Waals surface area (Å²) in [7, 11) is 1.33. The van der Waals surface area contributed by atoms with Crippen molar-refractivity contribution in [2.45, 2.75) is 19.8 Å². The Morgan fingerprint density at radius 3 is 2.42 bits per heavy atom. The third-order valence-corrected chi connectivity index (χ3v) is 2.41. The molecule has 1 amide bonds. The van der Waals surface area contributed by atoms with Crippen molar-refractivity contribution in [3.63, 3.8) is 0 Å². The molecule has 0 radical (unpaired) electrons. The van der Waals surface area contributed by atoms with Crippen LogP contribution in [-0.2, 0) is 14.3 Å². The van der Waals surface area contributed by atoms with Gasteiger partial charge < -0.3 is 14.8 Å². The van der Waals surface area contributed by atoms with Gasteiger partial charge in [0.15, 0.2) is 0 Å². The van der Waals surface area contributed by atoms with Crippen LogP contribution in [0.3, 0.4) is 0 Å². The fraction of sp³-hybridized carbons (Fsp3) is 0.429. The lowest BCUT2D eigenvalue weighted by atomic mass is 10.2. The van der Waals surface area contributed by atoms with Gasteiger partial charge in [0, 0.05) is 12.3 Å². The Kier molecular flexibility index (Phi) is 6.60. The van der Waals surface area contributed by atoms with Crippen molar-refractivity contribution >= 4 is 17.6 Å². The van der Waals surface area contributed by atoms with Crippen LogP contribution in [0.1, 0.15) is 30.1 Å². The molecule has 19 heavy (non-hydrogen) atoms. The number of anilines is 1. The number of carbonyl (C=O) groups excluding carboxylic acids is 2. The van der Waals surface area contributed by atoms with E-state index in [0.717, 1.165) is 6.42 Å². The minimum Gasteiger partial charge on any atom is -0.465 e. The zero-order valence-corrected chi connectivity index (χ0v) is 11.3. The van der Waals surface area contributed by atoms with Crippen LogP contribution < -0.4 is 5.32 Å². The lowest BCUT2D eigenvalue weighted by molar-refractivity contribution is -0.117. The largest absolute Gasteiger partial charge is 0.465 e. The summed E-state index contributed by atoms with van der Waals surface area (Å²) in [5.41, 5.74) is 1.10. The quantitative estimate of drug-likeness (QED) is 0.606. The first kappa shape index (κ1) is 15.2. The maximum atomic E-state index is 11.6. The topological polar surface area (TPSA) is 64.6 Å². The number of benzene rings is 1. The van der Waals surface area contributed by atoms with Gasteiger partial charge in [-0.15, -0.1) is 0 Å². The molecule has 5 nitrogen and oxygen atoms in total. The highest BCUT2D eigenvalue weighted by molar-refractivity contribution is 5.93. The standard InChI is InChI=1S/C14H19NO4/c1-3-9-19-10-8-13(16)15-12-6-4-11(5-7-12)14(17)18-2/h4-7H,3,8-10H2,1-2H3,(H,15,16). The Balaban J connectivity index is 2.40. The SMILES string of the molecule is CCCOCCC(=O)Nc1ccc(C(=O)OC)cc1. The van der Waals surface area contributed by atoms with Crippen LogP contribution in [0.5, 0.6) is 0 Å². The van der Waals surface area contributed by atoms with Crippen molar-refractivity contribution in [1.82, 2.24) is 0 Å². The highest BCUT2D eigenvalue weighted by Crippen LogP contribution is 2.10. The van der Waals surface area contributed by atoms with Crippen LogP contribution in [0.2, 0.25) is 0 Å². The number of hydrogen-bond donors (Lipinski definition) is 1. The number of esters is 1. The molecule has 1 N–H and O–H groups in total. The molecule has 5 heteroatoms. The molecule has 0 atom stereocenters. The Morgan fingerprint density at radius 1 is 1.16 bits per heavy atom. The first-order chi connectivity index (χ1) is 9.17. The molecule has 1 aromatic carbocycles. The number of nitrogens with one attached hydrogen (secondary N) is 1. The molecule has 1 rings (SSSR count). The lowest BCUT2D eigenvalue weighted by Gasteiger charge is -2.06. The number of hydrogen-bond acceptors (Lipinski definition) is 4. The molecule has 104 valence electrons. The molecule has 0 aromatic heterocycles. The van der Waals surface area contributed by atoms with Crippen LogP contribution in [-0.4, -0.2) is 32.2 Å². The molecule has 0 aliphatic heterocycles.